The van der Waals surface area contributed by atoms with Crippen LogP contribution in [-0.2, 0) is 4.79 Å². The highest BCUT2D eigenvalue weighted by Crippen LogP contribution is 2.28. The van der Waals surface area contributed by atoms with E-state index in [0.29, 0.717) is 36.0 Å². The van der Waals surface area contributed by atoms with Gasteiger partial charge in [-0.1, -0.05) is 37.0 Å². The number of nitrogens with one attached hydrogen (secondary N) is 1. The summed E-state index contributed by atoms with van der Waals surface area (Å²) >= 11 is 11.6. The summed E-state index contributed by atoms with van der Waals surface area (Å²) in [6, 6.07) is 6.27. The van der Waals surface area contributed by atoms with Gasteiger partial charge in [0.05, 0.1) is 29.0 Å². The highest BCUT2D eigenvalue weighted by Gasteiger charge is 2.31. The highest BCUT2D eigenvalue weighted by atomic mass is 35.5. The first-order chi connectivity index (χ1) is 15.2. The zero-order valence-electron chi connectivity index (χ0n) is 18.4. The van der Waals surface area contributed by atoms with Gasteiger partial charge in [0.1, 0.15) is 17.3 Å². The van der Waals surface area contributed by atoms with E-state index in [4.69, 9.17) is 32.7 Å². The maximum absolute atomic E-state index is 13.5. The van der Waals surface area contributed by atoms with Gasteiger partial charge in [0, 0.05) is 29.8 Å². The highest BCUT2D eigenvalue weighted by molar-refractivity contribution is 6.30. The van der Waals surface area contributed by atoms with Gasteiger partial charge in [0.15, 0.2) is 0 Å². The number of carbonyl (C=O) groups is 1. The van der Waals surface area contributed by atoms with E-state index in [1.807, 2.05) is 13.8 Å². The van der Waals surface area contributed by atoms with Gasteiger partial charge in [0.25, 0.3) is 0 Å². The molecule has 8 heteroatoms. The Morgan fingerprint density at radius 3 is 2.59 bits per heavy atom. The van der Waals surface area contributed by atoms with Crippen LogP contribution >= 0.6 is 23.2 Å². The van der Waals surface area contributed by atoms with E-state index in [1.54, 1.807) is 24.5 Å². The van der Waals surface area contributed by atoms with E-state index in [0.717, 1.165) is 25.7 Å². The molecule has 0 radical (unpaired) electrons. The molecule has 1 aliphatic carbocycles. The first-order valence-electron chi connectivity index (χ1n) is 10.9. The van der Waals surface area contributed by atoms with E-state index < -0.39 is 11.2 Å². The predicted octanol–water partition coefficient (Wildman–Crippen LogP) is 6.22. The molecule has 3 rings (SSSR count). The SMILES string of the molecule is CC(C)(CCCOc1ccc(Cl)c(F)c1)C(=O)NC1CCC(Oc2cncc(Cl)c2)CC1. The fourth-order valence-electron chi connectivity index (χ4n) is 3.74. The molecule has 1 aromatic heterocycles. The van der Waals surface area contributed by atoms with E-state index in [1.165, 1.54) is 12.1 Å². The Labute approximate surface area is 198 Å². The standard InChI is InChI=1S/C24H29Cl2FN2O3/c1-24(2,10-3-11-31-19-8-9-21(26)22(27)13-19)23(30)29-17-4-6-18(7-5-17)32-20-12-16(25)14-28-15-20/h8-9,12-15,17-18H,3-7,10-11H2,1-2H3,(H,29,30). The lowest BCUT2D eigenvalue weighted by Gasteiger charge is -2.32. The topological polar surface area (TPSA) is 60.5 Å². The van der Waals surface area contributed by atoms with Gasteiger partial charge in [-0.05, 0) is 50.7 Å². The van der Waals surface area contributed by atoms with Crippen LogP contribution in [0, 0.1) is 11.2 Å². The Kier molecular flexibility index (Phi) is 8.60. The number of nitrogens with zero attached hydrogens (tertiary/aromatic N) is 1. The number of aromatic nitrogens is 1. The second kappa shape index (κ2) is 11.2. The van der Waals surface area contributed by atoms with Gasteiger partial charge in [-0.25, -0.2) is 4.39 Å². The Morgan fingerprint density at radius 1 is 1.16 bits per heavy atom. The lowest BCUT2D eigenvalue weighted by atomic mass is 9.85. The summed E-state index contributed by atoms with van der Waals surface area (Å²) in [7, 11) is 0. The van der Waals surface area contributed by atoms with Crippen LogP contribution in [0.2, 0.25) is 10.0 Å². The third-order valence-electron chi connectivity index (χ3n) is 5.71. The first kappa shape index (κ1) is 24.6. The molecule has 0 saturated heterocycles. The fraction of sp³-hybridized carbons (Fsp3) is 0.500. The molecule has 1 aromatic carbocycles. The molecule has 0 aliphatic heterocycles. The average Bonchev–Trinajstić information content (AvgIpc) is 2.75. The quantitative estimate of drug-likeness (QED) is 0.431. The molecule has 174 valence electrons. The summed E-state index contributed by atoms with van der Waals surface area (Å²) in [6.07, 6.45) is 8.14. The third kappa shape index (κ3) is 7.24. The molecule has 5 nitrogen and oxygen atoms in total. The first-order valence-corrected chi connectivity index (χ1v) is 11.6. The van der Waals surface area contributed by atoms with Crippen LogP contribution in [0.15, 0.2) is 36.7 Å². The Morgan fingerprint density at radius 2 is 1.91 bits per heavy atom. The summed E-state index contributed by atoms with van der Waals surface area (Å²) in [5.41, 5.74) is -0.519. The second-order valence-electron chi connectivity index (χ2n) is 8.82. The maximum Gasteiger partial charge on any atom is 0.225 e. The predicted molar refractivity (Wildman–Crippen MR) is 124 cm³/mol. The van der Waals surface area contributed by atoms with Crippen LogP contribution in [0.4, 0.5) is 4.39 Å². The van der Waals surface area contributed by atoms with Crippen LogP contribution in [-0.4, -0.2) is 29.6 Å². The summed E-state index contributed by atoms with van der Waals surface area (Å²) in [6.45, 7) is 4.27. The van der Waals surface area contributed by atoms with Crippen LogP contribution in [0.3, 0.4) is 0 Å². The number of hydrogen-bond acceptors (Lipinski definition) is 4. The van der Waals surface area contributed by atoms with Gasteiger partial charge in [-0.2, -0.15) is 0 Å². The molecule has 0 spiro atoms. The largest absolute Gasteiger partial charge is 0.493 e. The average molecular weight is 483 g/mol. The minimum absolute atomic E-state index is 0.0402. The van der Waals surface area contributed by atoms with Crippen molar-refractivity contribution in [3.8, 4) is 11.5 Å². The van der Waals surface area contributed by atoms with E-state index in [2.05, 4.69) is 10.3 Å². The molecule has 0 unspecified atom stereocenters. The number of carbonyl (C=O) groups excluding carboxylic acids is 1. The van der Waals surface area contributed by atoms with Crippen molar-refractivity contribution in [1.29, 1.82) is 0 Å². The third-order valence-corrected chi connectivity index (χ3v) is 6.23. The minimum atomic E-state index is -0.519. The number of benzene rings is 1. The molecule has 1 N–H and O–H groups in total. The molecule has 0 atom stereocenters. The summed E-state index contributed by atoms with van der Waals surface area (Å²) in [4.78, 5) is 16.9. The normalized spacial score (nSPS) is 18.8. The molecule has 1 fully saturated rings. The molecular formula is C24H29Cl2FN2O3. The van der Waals surface area contributed by atoms with E-state index in [9.17, 15) is 9.18 Å². The van der Waals surface area contributed by atoms with Crippen LogP contribution in [0.1, 0.15) is 52.4 Å². The molecular weight excluding hydrogens is 454 g/mol. The maximum atomic E-state index is 13.5. The number of halogens is 3. The Balaban J connectivity index is 1.37. The zero-order chi connectivity index (χ0) is 23.1. The van der Waals surface area contributed by atoms with Crippen molar-refractivity contribution < 1.29 is 18.7 Å². The van der Waals surface area contributed by atoms with Crippen LogP contribution in [0.25, 0.3) is 0 Å². The summed E-state index contributed by atoms with van der Waals surface area (Å²) < 4.78 is 25.0. The van der Waals surface area contributed by atoms with Crippen molar-refractivity contribution in [3.63, 3.8) is 0 Å². The van der Waals surface area contributed by atoms with Crippen molar-refractivity contribution >= 4 is 29.1 Å². The van der Waals surface area contributed by atoms with Gasteiger partial charge < -0.3 is 14.8 Å². The molecule has 1 saturated carbocycles. The summed E-state index contributed by atoms with van der Waals surface area (Å²) in [5.74, 6) is 0.642. The van der Waals surface area contributed by atoms with Crippen molar-refractivity contribution in [2.75, 3.05) is 6.61 Å². The molecule has 2 aromatic rings. The van der Waals surface area contributed by atoms with E-state index >= 15 is 0 Å². The molecule has 1 amide bonds. The molecule has 1 heterocycles. The Bertz CT molecular complexity index is 918. The van der Waals surface area contributed by atoms with Gasteiger partial charge in [-0.3, -0.25) is 9.78 Å². The number of amides is 1. The molecule has 1 aliphatic rings. The molecule has 32 heavy (non-hydrogen) atoms. The smallest absolute Gasteiger partial charge is 0.225 e. The van der Waals surface area contributed by atoms with Crippen molar-refractivity contribution in [1.82, 2.24) is 10.3 Å². The van der Waals surface area contributed by atoms with E-state index in [-0.39, 0.29) is 23.1 Å². The minimum Gasteiger partial charge on any atom is -0.493 e. The second-order valence-corrected chi connectivity index (χ2v) is 9.66. The van der Waals surface area contributed by atoms with Crippen LogP contribution < -0.4 is 14.8 Å². The zero-order valence-corrected chi connectivity index (χ0v) is 19.9. The van der Waals surface area contributed by atoms with Gasteiger partial charge in [0.2, 0.25) is 5.91 Å². The number of hydrogen-bond donors (Lipinski definition) is 1. The number of ether oxygens (including phenoxy) is 2. The lowest BCUT2D eigenvalue weighted by molar-refractivity contribution is -0.130. The summed E-state index contributed by atoms with van der Waals surface area (Å²) in [5, 5.41) is 3.81. The number of rotatable bonds is 9. The monoisotopic (exact) mass is 482 g/mol. The number of pyridine rings is 1. The lowest BCUT2D eigenvalue weighted by Crippen LogP contribution is -2.45. The van der Waals surface area contributed by atoms with Crippen molar-refractivity contribution in [2.24, 2.45) is 5.41 Å². The molecule has 0 bridgehead atoms. The van der Waals surface area contributed by atoms with Crippen molar-refractivity contribution in [2.45, 2.75) is 64.5 Å². The van der Waals surface area contributed by atoms with Crippen molar-refractivity contribution in [3.05, 3.63) is 52.5 Å². The van der Waals surface area contributed by atoms with Crippen LogP contribution in [0.5, 0.6) is 11.5 Å². The van der Waals surface area contributed by atoms with Gasteiger partial charge >= 0.3 is 0 Å². The fourth-order valence-corrected chi connectivity index (χ4v) is 4.02. The van der Waals surface area contributed by atoms with Gasteiger partial charge in [-0.15, -0.1) is 0 Å². The Hall–Kier alpha value is -2.05.